The van der Waals surface area contributed by atoms with Crippen LogP contribution in [0.1, 0.15) is 10.4 Å². The first-order valence-electron chi connectivity index (χ1n) is 3.74. The van der Waals surface area contributed by atoms with Gasteiger partial charge < -0.3 is 10.8 Å². The lowest BCUT2D eigenvalue weighted by Gasteiger charge is -2.05. The highest BCUT2D eigenvalue weighted by atomic mass is 32.1. The maximum atomic E-state index is 11.3. The van der Waals surface area contributed by atoms with Crippen molar-refractivity contribution in [3.05, 3.63) is 29.8 Å². The average Bonchev–Trinajstić information content (AvgIpc) is 2.14. The van der Waals surface area contributed by atoms with Crippen molar-refractivity contribution in [1.82, 2.24) is 10.9 Å². The fourth-order valence-electron chi connectivity index (χ4n) is 0.838. The van der Waals surface area contributed by atoms with Crippen molar-refractivity contribution >= 4 is 23.2 Å². The summed E-state index contributed by atoms with van der Waals surface area (Å²) in [7, 11) is 0. The Morgan fingerprint density at radius 1 is 1.43 bits per heavy atom. The third-order valence-electron chi connectivity index (χ3n) is 1.41. The van der Waals surface area contributed by atoms with Crippen LogP contribution in [0, 0.1) is 0 Å². The third-order valence-corrected chi connectivity index (χ3v) is 1.51. The van der Waals surface area contributed by atoms with Gasteiger partial charge in [-0.2, -0.15) is 0 Å². The number of phenolic OH excluding ortho intramolecular Hbond substituents is 1. The van der Waals surface area contributed by atoms with E-state index in [-0.39, 0.29) is 10.9 Å². The molecule has 0 bridgehead atoms. The Hall–Kier alpha value is -1.82. The van der Waals surface area contributed by atoms with Crippen LogP contribution in [0.15, 0.2) is 24.3 Å². The lowest BCUT2D eigenvalue weighted by Crippen LogP contribution is -2.44. The number of amides is 1. The van der Waals surface area contributed by atoms with Gasteiger partial charge in [-0.3, -0.25) is 15.6 Å². The summed E-state index contributed by atoms with van der Waals surface area (Å²) in [4.78, 5) is 11.3. The number of nitrogens with one attached hydrogen (secondary N) is 2. The van der Waals surface area contributed by atoms with Crippen molar-refractivity contribution in [1.29, 1.82) is 0 Å². The molecule has 0 aliphatic carbocycles. The first-order valence-corrected chi connectivity index (χ1v) is 4.15. The van der Waals surface area contributed by atoms with Crippen LogP contribution in [0.2, 0.25) is 0 Å². The molecular weight excluding hydrogens is 202 g/mol. The van der Waals surface area contributed by atoms with E-state index in [1.54, 1.807) is 12.1 Å². The lowest BCUT2D eigenvalue weighted by atomic mass is 10.2. The van der Waals surface area contributed by atoms with Crippen molar-refractivity contribution < 1.29 is 9.90 Å². The van der Waals surface area contributed by atoms with E-state index < -0.39 is 5.91 Å². The Bertz CT molecular complexity index is 367. The van der Waals surface area contributed by atoms with Gasteiger partial charge in [0.25, 0.3) is 5.91 Å². The summed E-state index contributed by atoms with van der Waals surface area (Å²) < 4.78 is 0. The van der Waals surface area contributed by atoms with E-state index in [0.717, 1.165) is 0 Å². The third kappa shape index (κ3) is 2.91. The maximum absolute atomic E-state index is 11.3. The Morgan fingerprint density at radius 3 is 2.71 bits per heavy atom. The van der Waals surface area contributed by atoms with Gasteiger partial charge in [-0.15, -0.1) is 0 Å². The Labute approximate surface area is 85.9 Å². The molecule has 1 rings (SSSR count). The summed E-state index contributed by atoms with van der Waals surface area (Å²) in [5.41, 5.74) is 9.97. The minimum atomic E-state index is -0.422. The number of phenols is 1. The zero-order valence-corrected chi connectivity index (χ0v) is 7.97. The predicted molar refractivity (Wildman–Crippen MR) is 55.5 cm³/mol. The minimum Gasteiger partial charge on any atom is -0.508 e. The van der Waals surface area contributed by atoms with E-state index in [0.29, 0.717) is 5.56 Å². The molecule has 0 heterocycles. The Balaban J connectivity index is 2.65. The molecule has 0 aliphatic rings. The second-order valence-corrected chi connectivity index (χ2v) is 2.93. The number of hydrogen-bond acceptors (Lipinski definition) is 3. The van der Waals surface area contributed by atoms with Gasteiger partial charge in [-0.1, -0.05) is 6.07 Å². The van der Waals surface area contributed by atoms with Gasteiger partial charge in [0.2, 0.25) is 0 Å². The first-order chi connectivity index (χ1) is 6.59. The minimum absolute atomic E-state index is 0.0213. The SMILES string of the molecule is NC(=S)NNC(=O)c1cccc(O)c1. The van der Waals surface area contributed by atoms with Crippen molar-refractivity contribution in [3.63, 3.8) is 0 Å². The molecule has 0 saturated carbocycles. The fourth-order valence-corrected chi connectivity index (χ4v) is 0.889. The number of benzene rings is 1. The maximum Gasteiger partial charge on any atom is 0.269 e. The summed E-state index contributed by atoms with van der Waals surface area (Å²) in [6.07, 6.45) is 0. The van der Waals surface area contributed by atoms with Crippen LogP contribution in [0.4, 0.5) is 0 Å². The molecule has 0 spiro atoms. The number of carbonyl (C=O) groups is 1. The number of nitrogens with two attached hydrogens (primary N) is 1. The van der Waals surface area contributed by atoms with Crippen LogP contribution < -0.4 is 16.6 Å². The smallest absolute Gasteiger partial charge is 0.269 e. The molecule has 0 atom stereocenters. The standard InChI is InChI=1S/C8H9N3O2S/c9-8(14)11-10-7(13)5-2-1-3-6(12)4-5/h1-4,12H,(H,10,13)(H3,9,11,14). The van der Waals surface area contributed by atoms with Crippen LogP contribution in [-0.2, 0) is 0 Å². The Morgan fingerprint density at radius 2 is 2.14 bits per heavy atom. The zero-order chi connectivity index (χ0) is 10.6. The normalized spacial score (nSPS) is 9.14. The number of thiocarbonyl (C=S) groups is 1. The van der Waals surface area contributed by atoms with Gasteiger partial charge in [0.15, 0.2) is 5.11 Å². The monoisotopic (exact) mass is 211 g/mol. The molecule has 0 aromatic heterocycles. The van der Waals surface area contributed by atoms with E-state index in [4.69, 9.17) is 10.8 Å². The highest BCUT2D eigenvalue weighted by molar-refractivity contribution is 7.80. The van der Waals surface area contributed by atoms with Crippen molar-refractivity contribution in [3.8, 4) is 5.75 Å². The topological polar surface area (TPSA) is 87.4 Å². The summed E-state index contributed by atoms with van der Waals surface area (Å²) in [6.45, 7) is 0. The number of aromatic hydroxyl groups is 1. The van der Waals surface area contributed by atoms with Crippen LogP contribution >= 0.6 is 12.2 Å². The molecule has 14 heavy (non-hydrogen) atoms. The van der Waals surface area contributed by atoms with Gasteiger partial charge in [0.1, 0.15) is 5.75 Å². The summed E-state index contributed by atoms with van der Waals surface area (Å²) in [5.74, 6) is -0.401. The summed E-state index contributed by atoms with van der Waals surface area (Å²) >= 11 is 4.49. The van der Waals surface area contributed by atoms with Crippen LogP contribution in [-0.4, -0.2) is 16.1 Å². The summed E-state index contributed by atoms with van der Waals surface area (Å²) in [6, 6.07) is 5.91. The molecule has 0 unspecified atom stereocenters. The van der Waals surface area contributed by atoms with Crippen molar-refractivity contribution in [2.24, 2.45) is 5.73 Å². The van der Waals surface area contributed by atoms with Crippen LogP contribution in [0.3, 0.4) is 0 Å². The number of hydrogen-bond donors (Lipinski definition) is 4. The average molecular weight is 211 g/mol. The molecule has 5 N–H and O–H groups in total. The lowest BCUT2D eigenvalue weighted by molar-refractivity contribution is 0.0943. The molecule has 0 aliphatic heterocycles. The Kier molecular flexibility index (Phi) is 3.24. The van der Waals surface area contributed by atoms with Crippen LogP contribution in [0.5, 0.6) is 5.75 Å². The molecule has 1 aromatic carbocycles. The van der Waals surface area contributed by atoms with Gasteiger partial charge >= 0.3 is 0 Å². The van der Waals surface area contributed by atoms with E-state index >= 15 is 0 Å². The first kappa shape index (κ1) is 10.3. The summed E-state index contributed by atoms with van der Waals surface area (Å²) in [5, 5.41) is 9.06. The second kappa shape index (κ2) is 4.43. The van der Waals surface area contributed by atoms with E-state index in [2.05, 4.69) is 23.1 Å². The van der Waals surface area contributed by atoms with Gasteiger partial charge in [0.05, 0.1) is 0 Å². The molecule has 0 saturated heterocycles. The van der Waals surface area contributed by atoms with E-state index in [1.165, 1.54) is 12.1 Å². The van der Waals surface area contributed by atoms with Gasteiger partial charge in [0, 0.05) is 5.56 Å². The largest absolute Gasteiger partial charge is 0.508 e. The van der Waals surface area contributed by atoms with Gasteiger partial charge in [-0.25, -0.2) is 0 Å². The highest BCUT2D eigenvalue weighted by Gasteiger charge is 2.04. The molecule has 74 valence electrons. The zero-order valence-electron chi connectivity index (χ0n) is 7.15. The molecule has 1 amide bonds. The quantitative estimate of drug-likeness (QED) is 0.384. The molecule has 6 heteroatoms. The van der Waals surface area contributed by atoms with Crippen molar-refractivity contribution in [2.45, 2.75) is 0 Å². The van der Waals surface area contributed by atoms with E-state index in [9.17, 15) is 4.79 Å². The molecule has 1 aromatic rings. The van der Waals surface area contributed by atoms with E-state index in [1.807, 2.05) is 0 Å². The highest BCUT2D eigenvalue weighted by Crippen LogP contribution is 2.10. The fraction of sp³-hybridized carbons (Fsp3) is 0. The predicted octanol–water partition coefficient (Wildman–Crippen LogP) is -0.130. The van der Waals surface area contributed by atoms with Crippen molar-refractivity contribution in [2.75, 3.05) is 0 Å². The number of carbonyl (C=O) groups excluding carboxylic acids is 1. The molecular formula is C8H9N3O2S. The second-order valence-electron chi connectivity index (χ2n) is 2.49. The molecule has 0 fully saturated rings. The van der Waals surface area contributed by atoms with Crippen LogP contribution in [0.25, 0.3) is 0 Å². The number of rotatable bonds is 1. The molecule has 5 nitrogen and oxygen atoms in total. The number of hydrazine groups is 1. The van der Waals surface area contributed by atoms with Gasteiger partial charge in [-0.05, 0) is 30.4 Å². The molecule has 0 radical (unpaired) electrons.